The van der Waals surface area contributed by atoms with Gasteiger partial charge in [-0.1, -0.05) is 0 Å². The van der Waals surface area contributed by atoms with Crippen molar-refractivity contribution in [2.75, 3.05) is 112 Å². The first-order valence-electron chi connectivity index (χ1n) is 18.3. The zero-order valence-electron chi connectivity index (χ0n) is 32.7. The Kier molecular flexibility index (Phi) is 33.3. The predicted octanol–water partition coefficient (Wildman–Crippen LogP) is -1.79. The largest absolute Gasteiger partial charge is 3.00 e. The molecule has 1 radical (unpaired) electrons. The molecule has 0 aromatic carbocycles. The molecule has 0 rings (SSSR count). The molecule has 0 aromatic rings. The summed E-state index contributed by atoms with van der Waals surface area (Å²) in [6.07, 6.45) is 0.911. The van der Waals surface area contributed by atoms with Crippen LogP contribution in [0.1, 0.15) is 54.4 Å². The number of carbonyl (C=O) groups is 3. The van der Waals surface area contributed by atoms with Crippen LogP contribution in [0.25, 0.3) is 0 Å². The number of carboxylic acids is 3. The second kappa shape index (κ2) is 32.8. The van der Waals surface area contributed by atoms with Crippen molar-refractivity contribution in [3.8, 4) is 0 Å². The Bertz CT molecular complexity index is 990. The van der Waals surface area contributed by atoms with Crippen LogP contribution in [0, 0.1) is 39.9 Å². The van der Waals surface area contributed by atoms with Crippen molar-refractivity contribution in [1.82, 2.24) is 14.7 Å². The Balaban J connectivity index is 0. The van der Waals surface area contributed by atoms with E-state index in [0.29, 0.717) is 64.6 Å². The third-order valence-corrected chi connectivity index (χ3v) is 13.6. The van der Waals surface area contributed by atoms with Gasteiger partial charge in [-0.05, 0) is 66.2 Å². The Morgan fingerprint density at radius 1 is 0.519 bits per heavy atom. The minimum absolute atomic E-state index is 0. The van der Waals surface area contributed by atoms with Gasteiger partial charge in [-0.3, -0.25) is 24.3 Å². The van der Waals surface area contributed by atoms with Crippen molar-refractivity contribution >= 4 is 47.3 Å². The third-order valence-electron chi connectivity index (χ3n) is 7.30. The zero-order chi connectivity index (χ0) is 40.1. The number of hydrogen-bond acceptors (Lipinski definition) is 17. The number of hydrogen-bond donors (Lipinski definition) is 2. The summed E-state index contributed by atoms with van der Waals surface area (Å²) in [6.45, 7) is 11.6. The maximum atomic E-state index is 12.7. The molecule has 315 valence electrons. The molecular weight excluding hydrogens is 892 g/mol. The minimum Gasteiger partial charge on any atom is -0.861 e. The van der Waals surface area contributed by atoms with Gasteiger partial charge in [0.05, 0.1) is 19.1 Å². The number of aliphatic carboxylic acids is 3. The van der Waals surface area contributed by atoms with Crippen molar-refractivity contribution < 1.29 is 106 Å². The molecule has 0 aliphatic rings. The molecule has 0 unspecified atom stereocenters. The number of rotatable bonds is 36. The Morgan fingerprint density at radius 3 is 1.07 bits per heavy atom. The van der Waals surface area contributed by atoms with Crippen molar-refractivity contribution in [3.05, 3.63) is 0 Å². The van der Waals surface area contributed by atoms with Gasteiger partial charge in [0.1, 0.15) is 0 Å². The summed E-state index contributed by atoms with van der Waals surface area (Å²) in [4.78, 5) is 46.8. The first-order valence-corrected chi connectivity index (χ1v) is 22.1. The molecule has 0 bridgehead atoms. The first-order chi connectivity index (χ1) is 25.2. The van der Waals surface area contributed by atoms with Crippen LogP contribution < -0.4 is 15.3 Å². The van der Waals surface area contributed by atoms with E-state index < -0.39 is 66.9 Å². The van der Waals surface area contributed by atoms with Crippen LogP contribution in [0.15, 0.2) is 9.98 Å². The Morgan fingerprint density at radius 2 is 0.815 bits per heavy atom. The van der Waals surface area contributed by atoms with E-state index in [-0.39, 0.29) is 92.3 Å². The molecule has 0 fully saturated rings. The summed E-state index contributed by atoms with van der Waals surface area (Å²) in [5, 5.41) is 55.8. The second-order valence-corrected chi connectivity index (χ2v) is 17.0. The van der Waals surface area contributed by atoms with Gasteiger partial charge in [0.2, 0.25) is 0 Å². The van der Waals surface area contributed by atoms with Gasteiger partial charge in [0.25, 0.3) is 0 Å². The van der Waals surface area contributed by atoms with Crippen LogP contribution in [-0.2, 0) is 40.9 Å². The van der Waals surface area contributed by atoms with Gasteiger partial charge >= 0.3 is 69.5 Å². The number of carbonyl (C=O) groups excluding carboxylic acids is 1. The van der Waals surface area contributed by atoms with Crippen LogP contribution in [0.5, 0.6) is 0 Å². The molecule has 0 aliphatic carbocycles. The minimum atomic E-state index is -2.91. The van der Waals surface area contributed by atoms with Crippen molar-refractivity contribution in [1.29, 1.82) is 0 Å². The molecular formula is C32H62GdN5O14Si2. The first kappa shape index (κ1) is 54.8. The second-order valence-electron chi connectivity index (χ2n) is 11.6. The third kappa shape index (κ3) is 26.6. The standard InChI is InChI=1S/C32H65N5O14Si2.Gd/c1-7-46-52(47-8-2,48-9-3)21-13-15-33-28(38)23-36(26-31(42)43)19-17-35(25-30(40)41)18-20-37(27-32(44)45)24-29(39)34-16-14-22-53(49-10-4,50-11-5)51-12-6;/h7-27H2,1-6H3,(H,33,38)(H,34,39)(H,40,41)(H,42,43)(H,44,45);/q;+3/p-3. The maximum Gasteiger partial charge on any atom is 3.00 e. The van der Waals surface area contributed by atoms with Crippen molar-refractivity contribution in [2.45, 2.75) is 66.5 Å². The smallest absolute Gasteiger partial charge is 0.861 e. The quantitative estimate of drug-likeness (QED) is 0.0305. The summed E-state index contributed by atoms with van der Waals surface area (Å²) >= 11 is 0. The normalized spacial score (nSPS) is 12.8. The van der Waals surface area contributed by atoms with E-state index in [9.17, 15) is 39.9 Å². The monoisotopic (exact) mass is 954 g/mol. The topological polar surface area (TPSA) is 251 Å². The Labute approximate surface area is 354 Å². The molecule has 0 amide bonds. The van der Waals surface area contributed by atoms with E-state index in [1.165, 1.54) is 14.7 Å². The molecule has 0 aliphatic heterocycles. The molecule has 22 heteroatoms. The van der Waals surface area contributed by atoms with Gasteiger partial charge in [0, 0.05) is 111 Å². The summed E-state index contributed by atoms with van der Waals surface area (Å²) in [5.41, 5.74) is 0. The zero-order valence-corrected chi connectivity index (χ0v) is 37.0. The summed E-state index contributed by atoms with van der Waals surface area (Å²) < 4.78 is 34.9. The molecule has 0 saturated carbocycles. The molecule has 19 nitrogen and oxygen atoms in total. The van der Waals surface area contributed by atoms with Crippen LogP contribution >= 0.6 is 0 Å². The van der Waals surface area contributed by atoms with Gasteiger partial charge in [-0.25, -0.2) is 0 Å². The van der Waals surface area contributed by atoms with Gasteiger partial charge in [0.15, 0.2) is 0 Å². The van der Waals surface area contributed by atoms with Crippen molar-refractivity contribution in [3.63, 3.8) is 0 Å². The average Bonchev–Trinajstić information content (AvgIpc) is 3.06. The van der Waals surface area contributed by atoms with Crippen LogP contribution in [0.4, 0.5) is 0 Å². The van der Waals surface area contributed by atoms with E-state index in [1.54, 1.807) is 0 Å². The van der Waals surface area contributed by atoms with E-state index in [2.05, 4.69) is 9.98 Å². The van der Waals surface area contributed by atoms with Gasteiger partial charge in [-0.2, -0.15) is 0 Å². The Hall–Kier alpha value is -1.25. The van der Waals surface area contributed by atoms with E-state index >= 15 is 0 Å². The molecule has 0 heterocycles. The fourth-order valence-corrected chi connectivity index (χ4v) is 10.5. The van der Waals surface area contributed by atoms with E-state index in [4.69, 9.17) is 26.6 Å². The van der Waals surface area contributed by atoms with E-state index in [0.717, 1.165) is 0 Å². The summed E-state index contributed by atoms with van der Waals surface area (Å²) in [5.74, 6) is -4.89. The molecule has 0 spiro atoms. The molecule has 0 atom stereocenters. The maximum absolute atomic E-state index is 12.7. The van der Waals surface area contributed by atoms with Gasteiger partial charge < -0.3 is 66.9 Å². The van der Waals surface area contributed by atoms with Crippen LogP contribution in [0.2, 0.25) is 12.1 Å². The van der Waals surface area contributed by atoms with E-state index in [1.807, 2.05) is 41.5 Å². The fraction of sp³-hybridized carbons (Fsp3) is 0.844. The predicted molar refractivity (Wildman–Crippen MR) is 194 cm³/mol. The molecule has 54 heavy (non-hydrogen) atoms. The molecule has 0 aromatic heterocycles. The fourth-order valence-electron chi connectivity index (χ4n) is 5.31. The molecule has 2 N–H and O–H groups in total. The summed E-state index contributed by atoms with van der Waals surface area (Å²) in [6, 6.07) is 0.905. The van der Waals surface area contributed by atoms with Crippen molar-refractivity contribution in [2.24, 2.45) is 9.98 Å². The number of aliphatic imine (C=N–C) groups is 2. The number of carboxylic acid groups (broad SMARTS) is 3. The van der Waals surface area contributed by atoms with Crippen LogP contribution in [-0.4, -0.2) is 184 Å². The van der Waals surface area contributed by atoms with Crippen LogP contribution in [0.3, 0.4) is 0 Å². The number of nitrogens with zero attached hydrogens (tertiary/aromatic N) is 5. The molecule has 0 saturated heterocycles. The van der Waals surface area contributed by atoms with Gasteiger partial charge in [-0.15, -0.1) is 0 Å². The average molecular weight is 954 g/mol. The summed E-state index contributed by atoms with van der Waals surface area (Å²) in [7, 11) is -5.81. The SMILES string of the molecule is CCO[Si](CCCN=C([O-])CN(CCN(CCN(CC(=O)O)CC([O-])=NCCC[Si](OCC)(OCC)OCC)CC(=O)[O-])CC(=O)O)(OCC)OCC.[Gd+3].